The van der Waals surface area contributed by atoms with E-state index in [9.17, 15) is 0 Å². The minimum atomic E-state index is 0.108. The molecule has 30 heavy (non-hydrogen) atoms. The third-order valence-electron chi connectivity index (χ3n) is 6.06. The molecule has 2 aromatic rings. The van der Waals surface area contributed by atoms with Crippen LogP contribution in [0.25, 0.3) is 11.1 Å². The molecule has 0 spiro atoms. The average molecular weight is 406 g/mol. The Morgan fingerprint density at radius 3 is 2.73 bits per heavy atom. The Bertz CT molecular complexity index is 995. The van der Waals surface area contributed by atoms with Crippen LogP contribution in [-0.2, 0) is 17.6 Å². The second-order valence-electron chi connectivity index (χ2n) is 8.20. The molecule has 4 heterocycles. The maximum absolute atomic E-state index is 6.53. The molecule has 1 fully saturated rings. The first-order valence-electron chi connectivity index (χ1n) is 11.0. The van der Waals surface area contributed by atoms with Gasteiger partial charge in [-0.1, -0.05) is 6.42 Å². The van der Waals surface area contributed by atoms with Gasteiger partial charge in [-0.2, -0.15) is 5.11 Å². The fourth-order valence-corrected chi connectivity index (χ4v) is 4.56. The van der Waals surface area contributed by atoms with E-state index >= 15 is 0 Å². The minimum Gasteiger partial charge on any atom is -0.474 e. The molecule has 0 amide bonds. The lowest BCUT2D eigenvalue weighted by Gasteiger charge is -2.26. The molecule has 0 unspecified atom stereocenters. The molecule has 0 N–H and O–H groups in total. The number of hydrogen-bond acceptors (Lipinski definition) is 7. The van der Waals surface area contributed by atoms with E-state index in [1.165, 1.54) is 24.0 Å². The quantitative estimate of drug-likeness (QED) is 0.704. The average Bonchev–Trinajstić information content (AvgIpc) is 3.19. The molecule has 1 aliphatic carbocycles. The van der Waals surface area contributed by atoms with Crippen LogP contribution in [0.1, 0.15) is 54.6 Å². The standard InChI is InChI=1S/C23H27N5O2/c1-15-13-16(7-10-24-15)21-18-5-3-2-4-6-19(18)26-23(22(21)20-14-25-28-27-20)30-17-8-11-29-12-9-17/h7,10,13,17H,2-6,8-9,11-12,14H2,1H3. The summed E-state index contributed by atoms with van der Waals surface area (Å²) in [7, 11) is 0. The van der Waals surface area contributed by atoms with E-state index in [4.69, 9.17) is 14.5 Å². The highest BCUT2D eigenvalue weighted by atomic mass is 16.5. The van der Waals surface area contributed by atoms with Gasteiger partial charge in [-0.05, 0) is 61.1 Å². The van der Waals surface area contributed by atoms with Crippen LogP contribution < -0.4 is 4.74 Å². The Balaban J connectivity index is 1.71. The summed E-state index contributed by atoms with van der Waals surface area (Å²) >= 11 is 0. The molecule has 7 nitrogen and oxygen atoms in total. The third-order valence-corrected chi connectivity index (χ3v) is 6.06. The number of rotatable bonds is 4. The summed E-state index contributed by atoms with van der Waals surface area (Å²) in [5, 5.41) is 12.4. The smallest absolute Gasteiger partial charge is 0.223 e. The highest BCUT2D eigenvalue weighted by Gasteiger charge is 2.29. The van der Waals surface area contributed by atoms with Crippen molar-refractivity contribution in [1.82, 2.24) is 9.97 Å². The van der Waals surface area contributed by atoms with E-state index < -0.39 is 0 Å². The van der Waals surface area contributed by atoms with Crippen molar-refractivity contribution in [2.75, 3.05) is 19.8 Å². The van der Waals surface area contributed by atoms with E-state index in [1.54, 1.807) is 0 Å². The predicted molar refractivity (Wildman–Crippen MR) is 114 cm³/mol. The molecular weight excluding hydrogens is 378 g/mol. The molecule has 2 aromatic heterocycles. The van der Waals surface area contributed by atoms with Gasteiger partial charge in [0.15, 0.2) is 0 Å². The third kappa shape index (κ3) is 3.86. The fraction of sp³-hybridized carbons (Fsp3) is 0.522. The Hall–Kier alpha value is -2.67. The molecule has 0 radical (unpaired) electrons. The second kappa shape index (κ2) is 8.60. The van der Waals surface area contributed by atoms with E-state index in [-0.39, 0.29) is 6.10 Å². The van der Waals surface area contributed by atoms with Gasteiger partial charge in [-0.15, -0.1) is 5.10 Å². The van der Waals surface area contributed by atoms with Crippen molar-refractivity contribution in [3.8, 4) is 17.0 Å². The predicted octanol–water partition coefficient (Wildman–Crippen LogP) is 4.45. The normalized spacial score (nSPS) is 19.3. The lowest BCUT2D eigenvalue weighted by molar-refractivity contribution is 0.0236. The molecule has 0 saturated carbocycles. The number of fused-ring (bicyclic) bond motifs is 1. The van der Waals surface area contributed by atoms with E-state index in [2.05, 4.69) is 32.6 Å². The van der Waals surface area contributed by atoms with E-state index in [1.807, 2.05) is 13.1 Å². The van der Waals surface area contributed by atoms with Crippen molar-refractivity contribution in [2.45, 2.75) is 58.0 Å². The summed E-state index contributed by atoms with van der Waals surface area (Å²) in [6.07, 6.45) is 9.31. The number of aromatic nitrogens is 2. The van der Waals surface area contributed by atoms with Crippen molar-refractivity contribution in [2.24, 2.45) is 15.4 Å². The Labute approximate surface area is 176 Å². The molecule has 5 rings (SSSR count). The van der Waals surface area contributed by atoms with Crippen LogP contribution in [-0.4, -0.2) is 41.5 Å². The first-order chi connectivity index (χ1) is 14.8. The van der Waals surface area contributed by atoms with Gasteiger partial charge in [0.05, 0.1) is 18.8 Å². The number of ether oxygens (including phenoxy) is 2. The summed E-state index contributed by atoms with van der Waals surface area (Å²) in [5.41, 5.74) is 7.59. The zero-order chi connectivity index (χ0) is 20.3. The van der Waals surface area contributed by atoms with Gasteiger partial charge in [-0.25, -0.2) is 4.98 Å². The van der Waals surface area contributed by atoms with Crippen LogP contribution in [0.4, 0.5) is 0 Å². The molecule has 1 saturated heterocycles. The largest absolute Gasteiger partial charge is 0.474 e. The van der Waals surface area contributed by atoms with Crippen LogP contribution in [0.2, 0.25) is 0 Å². The van der Waals surface area contributed by atoms with Crippen LogP contribution >= 0.6 is 0 Å². The van der Waals surface area contributed by atoms with Crippen molar-refractivity contribution in [3.63, 3.8) is 0 Å². The fourth-order valence-electron chi connectivity index (χ4n) is 4.56. The summed E-state index contributed by atoms with van der Waals surface area (Å²) in [6, 6.07) is 4.23. The summed E-state index contributed by atoms with van der Waals surface area (Å²) in [6.45, 7) is 3.95. The number of aryl methyl sites for hydroxylation is 2. The van der Waals surface area contributed by atoms with Crippen LogP contribution in [0.5, 0.6) is 5.88 Å². The summed E-state index contributed by atoms with van der Waals surface area (Å²) in [4.78, 5) is 9.49. The highest BCUT2D eigenvalue weighted by molar-refractivity contribution is 6.10. The Morgan fingerprint density at radius 1 is 1.07 bits per heavy atom. The Morgan fingerprint density at radius 2 is 1.93 bits per heavy atom. The summed E-state index contributed by atoms with van der Waals surface area (Å²) in [5.74, 6) is 0.679. The van der Waals surface area contributed by atoms with E-state index in [0.717, 1.165) is 73.5 Å². The molecule has 156 valence electrons. The monoisotopic (exact) mass is 405 g/mol. The lowest BCUT2D eigenvalue weighted by atomic mass is 9.89. The molecule has 0 aromatic carbocycles. The second-order valence-corrected chi connectivity index (χ2v) is 8.20. The molecular formula is C23H27N5O2. The van der Waals surface area contributed by atoms with Gasteiger partial charge in [0.25, 0.3) is 0 Å². The minimum absolute atomic E-state index is 0.108. The van der Waals surface area contributed by atoms with Gasteiger partial charge in [-0.3, -0.25) is 4.98 Å². The number of nitrogens with zero attached hydrogens (tertiary/aromatic N) is 5. The maximum Gasteiger partial charge on any atom is 0.223 e. The molecule has 0 atom stereocenters. The van der Waals surface area contributed by atoms with Crippen molar-refractivity contribution < 1.29 is 9.47 Å². The number of hydrogen-bond donors (Lipinski definition) is 0. The maximum atomic E-state index is 6.53. The number of pyridine rings is 2. The van der Waals surface area contributed by atoms with Crippen molar-refractivity contribution >= 4 is 5.71 Å². The molecule has 0 bridgehead atoms. The lowest BCUT2D eigenvalue weighted by Crippen LogP contribution is -2.27. The molecule has 3 aliphatic rings. The SMILES string of the molecule is Cc1cc(-c2c3c(nc(OC4CCOCC4)c2C2=NN=NC2)CCCCC3)ccn1. The highest BCUT2D eigenvalue weighted by Crippen LogP contribution is 2.39. The van der Waals surface area contributed by atoms with Gasteiger partial charge < -0.3 is 9.47 Å². The first kappa shape index (κ1) is 19.3. The topological polar surface area (TPSA) is 81.3 Å². The van der Waals surface area contributed by atoms with Crippen LogP contribution in [0.3, 0.4) is 0 Å². The van der Waals surface area contributed by atoms with Crippen LogP contribution in [0, 0.1) is 6.92 Å². The molecule has 7 heteroatoms. The van der Waals surface area contributed by atoms with E-state index in [0.29, 0.717) is 12.4 Å². The zero-order valence-corrected chi connectivity index (χ0v) is 17.4. The summed E-state index contributed by atoms with van der Waals surface area (Å²) < 4.78 is 12.0. The van der Waals surface area contributed by atoms with Crippen molar-refractivity contribution in [3.05, 3.63) is 40.8 Å². The van der Waals surface area contributed by atoms with Gasteiger partial charge in [0.1, 0.15) is 18.4 Å². The van der Waals surface area contributed by atoms with Gasteiger partial charge in [0.2, 0.25) is 5.88 Å². The Kier molecular flexibility index (Phi) is 5.53. The zero-order valence-electron chi connectivity index (χ0n) is 17.4. The molecule has 2 aliphatic heterocycles. The van der Waals surface area contributed by atoms with Crippen molar-refractivity contribution in [1.29, 1.82) is 0 Å². The first-order valence-corrected chi connectivity index (χ1v) is 11.0. The van der Waals surface area contributed by atoms with Crippen LogP contribution in [0.15, 0.2) is 33.8 Å². The van der Waals surface area contributed by atoms with Gasteiger partial charge >= 0.3 is 0 Å². The van der Waals surface area contributed by atoms with Gasteiger partial charge in [0, 0.05) is 36.0 Å².